The highest BCUT2D eigenvalue weighted by molar-refractivity contribution is 5.94. The highest BCUT2D eigenvalue weighted by Gasteiger charge is 2.29. The van der Waals surface area contributed by atoms with Crippen LogP contribution in [0.4, 0.5) is 0 Å². The Bertz CT molecular complexity index is 888. The molecule has 4 heterocycles. The highest BCUT2D eigenvalue weighted by atomic mass is 16.2. The Balaban J connectivity index is 1.59. The monoisotopic (exact) mass is 347 g/mol. The van der Waals surface area contributed by atoms with Crippen LogP contribution in [0.3, 0.4) is 0 Å². The standard InChI is InChI=1S/C20H21N5O/c1-24-14-17(13-23-24)18-8-7-15(12-22-18)19-6-2-3-10-25(19)20(26)16-5-4-9-21-11-16/h4-5,7-9,11-14,19H,2-3,6,10H2,1H3. The lowest BCUT2D eigenvalue weighted by molar-refractivity contribution is 0.0611. The van der Waals surface area contributed by atoms with Crippen molar-refractivity contribution in [1.29, 1.82) is 0 Å². The SMILES string of the molecule is Cn1cc(-c2ccc(C3CCCCN3C(=O)c3cccnc3)cn2)cn1. The number of nitrogens with zero attached hydrogens (tertiary/aromatic N) is 5. The minimum absolute atomic E-state index is 0.0409. The van der Waals surface area contributed by atoms with Crippen molar-refractivity contribution in [3.8, 4) is 11.3 Å². The van der Waals surface area contributed by atoms with Crippen LogP contribution in [0.1, 0.15) is 41.2 Å². The van der Waals surface area contributed by atoms with Gasteiger partial charge in [0.2, 0.25) is 0 Å². The molecule has 1 unspecified atom stereocenters. The molecular formula is C20H21N5O. The molecule has 0 saturated carbocycles. The summed E-state index contributed by atoms with van der Waals surface area (Å²) in [5, 5.41) is 4.19. The molecular weight excluding hydrogens is 326 g/mol. The summed E-state index contributed by atoms with van der Waals surface area (Å²) in [5.41, 5.74) is 3.60. The molecule has 132 valence electrons. The number of piperidine rings is 1. The Morgan fingerprint density at radius 1 is 1.15 bits per heavy atom. The van der Waals surface area contributed by atoms with Crippen LogP contribution in [-0.2, 0) is 7.05 Å². The second-order valence-electron chi connectivity index (χ2n) is 6.63. The summed E-state index contributed by atoms with van der Waals surface area (Å²) in [6.45, 7) is 0.767. The summed E-state index contributed by atoms with van der Waals surface area (Å²) < 4.78 is 1.76. The molecule has 4 rings (SSSR count). The molecule has 3 aromatic rings. The van der Waals surface area contributed by atoms with Crippen molar-refractivity contribution in [2.75, 3.05) is 6.54 Å². The normalized spacial score (nSPS) is 17.3. The van der Waals surface area contributed by atoms with Crippen LogP contribution in [0.5, 0.6) is 0 Å². The minimum atomic E-state index is 0.0409. The molecule has 3 aromatic heterocycles. The van der Waals surface area contributed by atoms with Crippen LogP contribution in [-0.4, -0.2) is 37.1 Å². The van der Waals surface area contributed by atoms with Crippen molar-refractivity contribution in [2.45, 2.75) is 25.3 Å². The van der Waals surface area contributed by atoms with E-state index in [1.165, 1.54) is 0 Å². The number of hydrogen-bond acceptors (Lipinski definition) is 4. The maximum Gasteiger partial charge on any atom is 0.255 e. The maximum absolute atomic E-state index is 12.9. The van der Waals surface area contributed by atoms with Gasteiger partial charge in [-0.3, -0.25) is 19.4 Å². The van der Waals surface area contributed by atoms with Gasteiger partial charge in [-0.1, -0.05) is 6.07 Å². The van der Waals surface area contributed by atoms with Gasteiger partial charge in [0, 0.05) is 43.9 Å². The Morgan fingerprint density at radius 2 is 2.08 bits per heavy atom. The highest BCUT2D eigenvalue weighted by Crippen LogP contribution is 2.32. The zero-order chi connectivity index (χ0) is 17.9. The van der Waals surface area contributed by atoms with Crippen LogP contribution in [0.2, 0.25) is 0 Å². The number of rotatable bonds is 3. The summed E-state index contributed by atoms with van der Waals surface area (Å²) in [6.07, 6.45) is 12.1. The maximum atomic E-state index is 12.9. The van der Waals surface area contributed by atoms with E-state index in [0.29, 0.717) is 5.56 Å². The lowest BCUT2D eigenvalue weighted by atomic mass is 9.95. The van der Waals surface area contributed by atoms with Crippen molar-refractivity contribution in [3.63, 3.8) is 0 Å². The van der Waals surface area contributed by atoms with E-state index < -0.39 is 0 Å². The number of carbonyl (C=O) groups excluding carboxylic acids is 1. The zero-order valence-electron chi connectivity index (χ0n) is 14.7. The fourth-order valence-electron chi connectivity index (χ4n) is 3.50. The third-order valence-electron chi connectivity index (χ3n) is 4.84. The van der Waals surface area contributed by atoms with Crippen LogP contribution in [0, 0.1) is 0 Å². The quantitative estimate of drug-likeness (QED) is 0.730. The first-order chi connectivity index (χ1) is 12.7. The van der Waals surface area contributed by atoms with Crippen LogP contribution in [0.25, 0.3) is 11.3 Å². The van der Waals surface area contributed by atoms with Crippen LogP contribution in [0.15, 0.2) is 55.2 Å². The lowest BCUT2D eigenvalue weighted by Gasteiger charge is -2.36. The second kappa shape index (κ2) is 7.07. The van der Waals surface area contributed by atoms with E-state index in [1.54, 1.807) is 29.3 Å². The minimum Gasteiger partial charge on any atom is -0.332 e. The van der Waals surface area contributed by atoms with E-state index in [0.717, 1.165) is 42.6 Å². The molecule has 6 heteroatoms. The van der Waals surface area contributed by atoms with Gasteiger partial charge in [0.25, 0.3) is 5.91 Å². The van der Waals surface area contributed by atoms with Crippen molar-refractivity contribution in [1.82, 2.24) is 24.6 Å². The first kappa shape index (κ1) is 16.4. The topological polar surface area (TPSA) is 63.9 Å². The molecule has 0 N–H and O–H groups in total. The number of likely N-dealkylation sites (tertiary alicyclic amines) is 1. The molecule has 0 spiro atoms. The molecule has 1 amide bonds. The fourth-order valence-corrected chi connectivity index (χ4v) is 3.50. The predicted molar refractivity (Wildman–Crippen MR) is 98.3 cm³/mol. The molecule has 0 radical (unpaired) electrons. The van der Waals surface area contributed by atoms with E-state index in [9.17, 15) is 4.79 Å². The van der Waals surface area contributed by atoms with Crippen molar-refractivity contribution < 1.29 is 4.79 Å². The smallest absolute Gasteiger partial charge is 0.255 e. The number of carbonyl (C=O) groups is 1. The molecule has 1 aliphatic rings. The van der Waals surface area contributed by atoms with Gasteiger partial charge in [0.15, 0.2) is 0 Å². The Morgan fingerprint density at radius 3 is 2.77 bits per heavy atom. The van der Waals surface area contributed by atoms with Gasteiger partial charge in [-0.25, -0.2) is 0 Å². The first-order valence-corrected chi connectivity index (χ1v) is 8.88. The third-order valence-corrected chi connectivity index (χ3v) is 4.84. The predicted octanol–water partition coefficient (Wildman–Crippen LogP) is 3.24. The van der Waals surface area contributed by atoms with E-state index in [-0.39, 0.29) is 11.9 Å². The summed E-state index contributed by atoms with van der Waals surface area (Å²) >= 11 is 0. The van der Waals surface area contributed by atoms with Crippen molar-refractivity contribution in [2.24, 2.45) is 7.05 Å². The van der Waals surface area contributed by atoms with Gasteiger partial charge >= 0.3 is 0 Å². The zero-order valence-corrected chi connectivity index (χ0v) is 14.7. The molecule has 1 saturated heterocycles. The van der Waals surface area contributed by atoms with Crippen molar-refractivity contribution >= 4 is 5.91 Å². The van der Waals surface area contributed by atoms with E-state index in [1.807, 2.05) is 36.5 Å². The molecule has 1 aliphatic heterocycles. The molecule has 0 aliphatic carbocycles. The fraction of sp³-hybridized carbons (Fsp3) is 0.300. The van der Waals surface area contributed by atoms with E-state index >= 15 is 0 Å². The van der Waals surface area contributed by atoms with Gasteiger partial charge in [-0.05, 0) is 43.0 Å². The molecule has 26 heavy (non-hydrogen) atoms. The summed E-state index contributed by atoms with van der Waals surface area (Å²) in [6, 6.07) is 7.77. The Labute approximate surface area is 152 Å². The average Bonchev–Trinajstić information content (AvgIpc) is 3.14. The van der Waals surface area contributed by atoms with Crippen LogP contribution >= 0.6 is 0 Å². The molecule has 6 nitrogen and oxygen atoms in total. The van der Waals surface area contributed by atoms with Gasteiger partial charge in [0.05, 0.1) is 23.5 Å². The Hall–Kier alpha value is -3.02. The largest absolute Gasteiger partial charge is 0.332 e. The number of pyridine rings is 2. The van der Waals surface area contributed by atoms with Gasteiger partial charge in [-0.2, -0.15) is 5.10 Å². The third kappa shape index (κ3) is 3.22. The molecule has 0 bridgehead atoms. The molecule has 0 aromatic carbocycles. The van der Waals surface area contributed by atoms with Gasteiger partial charge < -0.3 is 4.90 Å². The number of aryl methyl sites for hydroxylation is 1. The second-order valence-corrected chi connectivity index (χ2v) is 6.63. The summed E-state index contributed by atoms with van der Waals surface area (Å²) in [4.78, 5) is 23.6. The number of amides is 1. The van der Waals surface area contributed by atoms with E-state index in [4.69, 9.17) is 0 Å². The molecule has 1 fully saturated rings. The molecule has 1 atom stereocenters. The van der Waals surface area contributed by atoms with Gasteiger partial charge in [-0.15, -0.1) is 0 Å². The first-order valence-electron chi connectivity index (χ1n) is 8.88. The number of hydrogen-bond donors (Lipinski definition) is 0. The van der Waals surface area contributed by atoms with Crippen molar-refractivity contribution in [3.05, 3.63) is 66.4 Å². The van der Waals surface area contributed by atoms with E-state index in [2.05, 4.69) is 21.1 Å². The number of aromatic nitrogens is 4. The van der Waals surface area contributed by atoms with Gasteiger partial charge in [0.1, 0.15) is 0 Å². The summed E-state index contributed by atoms with van der Waals surface area (Å²) in [7, 11) is 1.89. The summed E-state index contributed by atoms with van der Waals surface area (Å²) in [5.74, 6) is 0.0409. The average molecular weight is 347 g/mol. The Kier molecular flexibility index (Phi) is 4.48. The van der Waals surface area contributed by atoms with Crippen LogP contribution < -0.4 is 0 Å². The lowest BCUT2D eigenvalue weighted by Crippen LogP contribution is -2.38.